The molecule has 0 fully saturated rings. The van der Waals surface area contributed by atoms with E-state index in [4.69, 9.17) is 9.72 Å². The summed E-state index contributed by atoms with van der Waals surface area (Å²) < 4.78 is 6.87. The molecule has 8 nitrogen and oxygen atoms in total. The fourth-order valence-electron chi connectivity index (χ4n) is 4.06. The predicted molar refractivity (Wildman–Crippen MR) is 128 cm³/mol. The monoisotopic (exact) mass is 440 g/mol. The van der Waals surface area contributed by atoms with Crippen molar-refractivity contribution in [2.75, 3.05) is 11.9 Å². The first-order chi connectivity index (χ1) is 15.9. The van der Waals surface area contributed by atoms with Gasteiger partial charge in [0.05, 0.1) is 29.4 Å². The molecule has 0 spiro atoms. The quantitative estimate of drug-likeness (QED) is 0.367. The minimum atomic E-state index is -0.466. The van der Waals surface area contributed by atoms with E-state index in [0.717, 1.165) is 33.1 Å². The standard InChI is InChI=1S/C25H24N6O2/c1-5-33-24(32)18-13-26-31(23(18)30-25-27-19-8-6-7-9-20(19)28-25)21-12-15(3)17-11-14(2)10-16(4)22(17)29-21/h6-13H,5H2,1-4H3,(H2,27,28,30). The summed E-state index contributed by atoms with van der Waals surface area (Å²) >= 11 is 0. The Labute approximate surface area is 190 Å². The van der Waals surface area contributed by atoms with Crippen molar-refractivity contribution in [2.24, 2.45) is 0 Å². The van der Waals surface area contributed by atoms with Gasteiger partial charge in [0.15, 0.2) is 11.6 Å². The summed E-state index contributed by atoms with van der Waals surface area (Å²) in [6.07, 6.45) is 1.49. The molecule has 0 amide bonds. The second-order valence-corrected chi connectivity index (χ2v) is 8.04. The molecule has 33 heavy (non-hydrogen) atoms. The van der Waals surface area contributed by atoms with E-state index in [1.807, 2.05) is 37.3 Å². The number of benzene rings is 2. The number of rotatable bonds is 5. The van der Waals surface area contributed by atoms with Gasteiger partial charge in [-0.05, 0) is 63.1 Å². The minimum Gasteiger partial charge on any atom is -0.462 e. The largest absolute Gasteiger partial charge is 0.462 e. The molecule has 3 heterocycles. The van der Waals surface area contributed by atoms with Crippen LogP contribution in [0.25, 0.3) is 27.8 Å². The van der Waals surface area contributed by atoms with Gasteiger partial charge in [0, 0.05) is 5.39 Å². The molecular formula is C25H24N6O2. The van der Waals surface area contributed by atoms with Crippen LogP contribution in [0.1, 0.15) is 34.0 Å². The van der Waals surface area contributed by atoms with Gasteiger partial charge in [-0.25, -0.2) is 14.8 Å². The Morgan fingerprint density at radius 1 is 1.09 bits per heavy atom. The number of hydrogen-bond acceptors (Lipinski definition) is 6. The highest BCUT2D eigenvalue weighted by Gasteiger charge is 2.22. The van der Waals surface area contributed by atoms with Gasteiger partial charge >= 0.3 is 5.97 Å². The molecule has 0 saturated carbocycles. The lowest BCUT2D eigenvalue weighted by Crippen LogP contribution is -2.11. The average Bonchev–Trinajstić information content (AvgIpc) is 3.38. The molecule has 0 aliphatic heterocycles. The van der Waals surface area contributed by atoms with E-state index >= 15 is 0 Å². The number of H-pyrrole nitrogens is 1. The van der Waals surface area contributed by atoms with Crippen molar-refractivity contribution in [3.8, 4) is 5.82 Å². The summed E-state index contributed by atoms with van der Waals surface area (Å²) in [7, 11) is 0. The minimum absolute atomic E-state index is 0.264. The number of nitrogens with zero attached hydrogens (tertiary/aromatic N) is 4. The van der Waals surface area contributed by atoms with Crippen LogP contribution in [0.3, 0.4) is 0 Å². The van der Waals surface area contributed by atoms with Crippen LogP contribution in [0.5, 0.6) is 0 Å². The zero-order valence-electron chi connectivity index (χ0n) is 18.9. The van der Waals surface area contributed by atoms with Gasteiger partial charge in [-0.3, -0.25) is 0 Å². The first kappa shape index (κ1) is 20.7. The van der Waals surface area contributed by atoms with Gasteiger partial charge in [0.1, 0.15) is 5.56 Å². The third-order valence-corrected chi connectivity index (χ3v) is 5.55. The molecule has 2 N–H and O–H groups in total. The van der Waals surface area contributed by atoms with Gasteiger partial charge in [0.25, 0.3) is 0 Å². The number of pyridine rings is 1. The van der Waals surface area contributed by atoms with E-state index in [2.05, 4.69) is 46.4 Å². The summed E-state index contributed by atoms with van der Waals surface area (Å²) in [5, 5.41) is 8.81. The number of para-hydroxylation sites is 2. The zero-order chi connectivity index (χ0) is 23.1. The van der Waals surface area contributed by atoms with E-state index < -0.39 is 5.97 Å². The molecule has 5 rings (SSSR count). The number of imidazole rings is 1. The Bertz CT molecular complexity index is 1480. The van der Waals surface area contributed by atoms with Gasteiger partial charge in [-0.15, -0.1) is 0 Å². The van der Waals surface area contributed by atoms with E-state index in [1.54, 1.807) is 11.6 Å². The number of esters is 1. The van der Waals surface area contributed by atoms with Gasteiger partial charge < -0.3 is 15.0 Å². The zero-order valence-corrected chi connectivity index (χ0v) is 18.9. The van der Waals surface area contributed by atoms with Crippen molar-refractivity contribution >= 4 is 39.7 Å². The molecule has 0 bridgehead atoms. The first-order valence-corrected chi connectivity index (χ1v) is 10.8. The smallest absolute Gasteiger partial charge is 0.343 e. The molecule has 0 unspecified atom stereocenters. The number of hydrogen-bond donors (Lipinski definition) is 2. The number of aromatic nitrogens is 5. The van der Waals surface area contributed by atoms with Crippen LogP contribution in [0.2, 0.25) is 0 Å². The Hall–Kier alpha value is -4.20. The van der Waals surface area contributed by atoms with E-state index in [0.29, 0.717) is 23.1 Å². The van der Waals surface area contributed by atoms with E-state index in [1.165, 1.54) is 11.8 Å². The van der Waals surface area contributed by atoms with Crippen molar-refractivity contribution in [3.05, 3.63) is 70.9 Å². The molecular weight excluding hydrogens is 416 g/mol. The van der Waals surface area contributed by atoms with E-state index in [9.17, 15) is 4.79 Å². The maximum Gasteiger partial charge on any atom is 0.343 e. The highest BCUT2D eigenvalue weighted by Crippen LogP contribution is 2.28. The number of ether oxygens (including phenoxy) is 1. The third-order valence-electron chi connectivity index (χ3n) is 5.55. The molecule has 5 aromatic rings. The van der Waals surface area contributed by atoms with Crippen molar-refractivity contribution in [1.29, 1.82) is 0 Å². The van der Waals surface area contributed by atoms with Gasteiger partial charge in [0.2, 0.25) is 5.95 Å². The molecule has 0 radical (unpaired) electrons. The van der Waals surface area contributed by atoms with Crippen LogP contribution < -0.4 is 5.32 Å². The molecule has 0 atom stereocenters. The summed E-state index contributed by atoms with van der Waals surface area (Å²) in [5.41, 5.74) is 6.25. The molecule has 8 heteroatoms. The Morgan fingerprint density at radius 3 is 2.70 bits per heavy atom. The summed E-state index contributed by atoms with van der Waals surface area (Å²) in [5.74, 6) is 1.06. The number of aromatic amines is 1. The van der Waals surface area contributed by atoms with Crippen LogP contribution >= 0.6 is 0 Å². The van der Waals surface area contributed by atoms with Crippen LogP contribution in [0.4, 0.5) is 11.8 Å². The average molecular weight is 441 g/mol. The maximum absolute atomic E-state index is 12.7. The van der Waals surface area contributed by atoms with Crippen molar-refractivity contribution in [1.82, 2.24) is 24.7 Å². The van der Waals surface area contributed by atoms with Gasteiger partial charge in [-0.1, -0.05) is 23.8 Å². The molecule has 0 aliphatic carbocycles. The van der Waals surface area contributed by atoms with Crippen molar-refractivity contribution in [3.63, 3.8) is 0 Å². The lowest BCUT2D eigenvalue weighted by atomic mass is 10.0. The summed E-state index contributed by atoms with van der Waals surface area (Å²) in [6, 6.07) is 13.9. The third kappa shape index (κ3) is 3.69. The normalized spacial score (nSPS) is 11.3. The van der Waals surface area contributed by atoms with Crippen molar-refractivity contribution in [2.45, 2.75) is 27.7 Å². The molecule has 0 aliphatic rings. The lowest BCUT2D eigenvalue weighted by molar-refractivity contribution is 0.0527. The second-order valence-electron chi connectivity index (χ2n) is 8.04. The predicted octanol–water partition coefficient (Wildman–Crippen LogP) is 5.14. The van der Waals surface area contributed by atoms with Crippen LogP contribution in [-0.4, -0.2) is 37.3 Å². The maximum atomic E-state index is 12.7. The lowest BCUT2D eigenvalue weighted by Gasteiger charge is -2.13. The number of nitrogens with one attached hydrogen (secondary N) is 2. The number of anilines is 2. The topological polar surface area (TPSA) is 97.7 Å². The second kappa shape index (κ2) is 8.05. The molecule has 0 saturated heterocycles. The summed E-state index contributed by atoms with van der Waals surface area (Å²) in [6.45, 7) is 8.21. The van der Waals surface area contributed by atoms with Gasteiger partial charge in [-0.2, -0.15) is 9.78 Å². The molecule has 3 aromatic heterocycles. The Kier molecular flexibility index (Phi) is 5.05. The fraction of sp³-hybridized carbons (Fsp3) is 0.200. The van der Waals surface area contributed by atoms with Crippen LogP contribution in [-0.2, 0) is 4.74 Å². The highest BCUT2D eigenvalue weighted by atomic mass is 16.5. The molecule has 2 aromatic carbocycles. The van der Waals surface area contributed by atoms with Crippen LogP contribution in [0, 0.1) is 20.8 Å². The van der Waals surface area contributed by atoms with Crippen LogP contribution in [0.15, 0.2) is 48.7 Å². The number of fused-ring (bicyclic) bond motifs is 2. The van der Waals surface area contributed by atoms with Crippen molar-refractivity contribution < 1.29 is 9.53 Å². The first-order valence-electron chi connectivity index (χ1n) is 10.8. The molecule has 166 valence electrons. The van der Waals surface area contributed by atoms with E-state index in [-0.39, 0.29) is 6.61 Å². The Morgan fingerprint density at radius 2 is 1.91 bits per heavy atom. The number of carbonyl (C=O) groups is 1. The Balaban J connectivity index is 1.67. The fourth-order valence-corrected chi connectivity index (χ4v) is 4.06. The summed E-state index contributed by atoms with van der Waals surface area (Å²) in [4.78, 5) is 25.4. The number of carbonyl (C=O) groups excluding carboxylic acids is 1. The number of aryl methyl sites for hydroxylation is 3. The highest BCUT2D eigenvalue weighted by molar-refractivity contribution is 5.96. The SMILES string of the molecule is CCOC(=O)c1cnn(-c2cc(C)c3cc(C)cc(C)c3n2)c1Nc1nc2ccccc2[nH]1.